The van der Waals surface area contributed by atoms with Crippen molar-refractivity contribution in [3.05, 3.63) is 70.1 Å². The van der Waals surface area contributed by atoms with Gasteiger partial charge >= 0.3 is 6.18 Å². The minimum Gasteiger partial charge on any atom is -0.496 e. The molecule has 0 saturated heterocycles. The van der Waals surface area contributed by atoms with Crippen LogP contribution in [0.25, 0.3) is 0 Å². The van der Waals surface area contributed by atoms with Crippen LogP contribution in [0.15, 0.2) is 42.0 Å². The predicted molar refractivity (Wildman–Crippen MR) is 140 cm³/mol. The molecule has 4 atom stereocenters. The average Bonchev–Trinajstić information content (AvgIpc) is 3.60. The second-order valence-electron chi connectivity index (χ2n) is 11.2. The van der Waals surface area contributed by atoms with Crippen LogP contribution in [-0.2, 0) is 23.9 Å². The lowest BCUT2D eigenvalue weighted by atomic mass is 9.83. The van der Waals surface area contributed by atoms with Gasteiger partial charge in [0.05, 0.1) is 24.2 Å². The molecule has 0 aromatic heterocycles. The minimum absolute atomic E-state index is 0.0328. The molecule has 1 heterocycles. The van der Waals surface area contributed by atoms with Crippen LogP contribution in [0, 0.1) is 29.5 Å². The number of anilines is 1. The van der Waals surface area contributed by atoms with Crippen LogP contribution in [0.1, 0.15) is 52.7 Å². The number of hydrogen-bond acceptors (Lipinski definition) is 4. The Labute approximate surface area is 229 Å². The molecule has 6 nitrogen and oxygen atoms in total. The molecule has 0 radical (unpaired) electrons. The number of ether oxygens (including phenoxy) is 1. The van der Waals surface area contributed by atoms with Crippen molar-refractivity contribution >= 4 is 17.5 Å². The SMILES string of the molecule is COc1cc2c(cc1C(=O)N[C@H]1[C@@H](C(=O)Nc3ccc(F)c(C(F)(F)F)c3)[C@H]3CC[C@@H]1/C3=C\C1CC1)CNCC2. The largest absolute Gasteiger partial charge is 0.496 e. The Hall–Kier alpha value is -3.40. The maximum atomic E-state index is 13.8. The highest BCUT2D eigenvalue weighted by Crippen LogP contribution is 2.54. The molecule has 2 aromatic carbocycles. The van der Waals surface area contributed by atoms with E-state index in [9.17, 15) is 27.2 Å². The molecule has 3 saturated carbocycles. The normalized spacial score (nSPS) is 26.5. The van der Waals surface area contributed by atoms with E-state index in [-0.39, 0.29) is 23.4 Å². The molecule has 10 heteroatoms. The average molecular weight is 558 g/mol. The molecule has 2 bridgehead atoms. The highest BCUT2D eigenvalue weighted by molar-refractivity contribution is 5.99. The second kappa shape index (κ2) is 10.2. The zero-order chi connectivity index (χ0) is 28.2. The lowest BCUT2D eigenvalue weighted by Gasteiger charge is -2.30. The first-order valence-corrected chi connectivity index (χ1v) is 13.7. The zero-order valence-electron chi connectivity index (χ0n) is 22.0. The molecule has 2 amide bonds. The molecule has 6 rings (SSSR count). The van der Waals surface area contributed by atoms with E-state index < -0.39 is 35.4 Å². The summed E-state index contributed by atoms with van der Waals surface area (Å²) in [5, 5.41) is 9.00. The number of halogens is 4. The molecule has 3 fully saturated rings. The topological polar surface area (TPSA) is 79.5 Å². The van der Waals surface area contributed by atoms with Crippen molar-refractivity contribution in [2.24, 2.45) is 23.7 Å². The third-order valence-corrected chi connectivity index (χ3v) is 8.74. The first kappa shape index (κ1) is 26.8. The van der Waals surface area contributed by atoms with E-state index in [0.717, 1.165) is 61.4 Å². The standard InChI is InChI=1S/C30H31F4N3O3/c1-40-25-12-16-8-9-35-14-17(16)11-22(25)28(38)37-27-20-6-5-19(21(20)10-15-2-3-15)26(27)29(39)36-18-4-7-24(31)23(13-18)30(32,33)34/h4,7,10-13,15,19-20,26-27,35H,2-3,5-6,8-9,14H2,1H3,(H,36,39)(H,37,38)/b21-10-/t19-,20+,26-,27+/m0/s1. The number of allylic oxidation sites excluding steroid dienone is 1. The van der Waals surface area contributed by atoms with E-state index >= 15 is 0 Å². The smallest absolute Gasteiger partial charge is 0.419 e. The number of carbonyl (C=O) groups is 2. The first-order chi connectivity index (χ1) is 19.1. The summed E-state index contributed by atoms with van der Waals surface area (Å²) in [6.45, 7) is 1.49. The Kier molecular flexibility index (Phi) is 6.84. The van der Waals surface area contributed by atoms with E-state index in [2.05, 4.69) is 22.0 Å². The van der Waals surface area contributed by atoms with Crippen LogP contribution in [0.2, 0.25) is 0 Å². The van der Waals surface area contributed by atoms with Gasteiger partial charge in [-0.25, -0.2) is 4.39 Å². The molecular formula is C30H31F4N3O3. The highest BCUT2D eigenvalue weighted by Gasteiger charge is 2.55. The maximum absolute atomic E-state index is 13.8. The number of benzene rings is 2. The Bertz CT molecular complexity index is 1380. The van der Waals surface area contributed by atoms with Gasteiger partial charge in [0.25, 0.3) is 5.91 Å². The van der Waals surface area contributed by atoms with Crippen LogP contribution in [0.3, 0.4) is 0 Å². The number of hydrogen-bond donors (Lipinski definition) is 3. The molecule has 212 valence electrons. The monoisotopic (exact) mass is 557 g/mol. The number of methoxy groups -OCH3 is 1. The van der Waals surface area contributed by atoms with Crippen LogP contribution >= 0.6 is 0 Å². The van der Waals surface area contributed by atoms with Crippen molar-refractivity contribution in [3.8, 4) is 5.75 Å². The van der Waals surface area contributed by atoms with E-state index in [4.69, 9.17) is 4.74 Å². The van der Waals surface area contributed by atoms with Crippen LogP contribution < -0.4 is 20.7 Å². The summed E-state index contributed by atoms with van der Waals surface area (Å²) < 4.78 is 59.2. The van der Waals surface area contributed by atoms with Gasteiger partial charge in [-0.3, -0.25) is 9.59 Å². The van der Waals surface area contributed by atoms with Gasteiger partial charge in [0.15, 0.2) is 0 Å². The van der Waals surface area contributed by atoms with Gasteiger partial charge in [-0.15, -0.1) is 0 Å². The molecule has 3 N–H and O–H groups in total. The maximum Gasteiger partial charge on any atom is 0.419 e. The number of nitrogens with one attached hydrogen (secondary N) is 3. The van der Waals surface area contributed by atoms with Crippen LogP contribution in [0.4, 0.5) is 23.2 Å². The van der Waals surface area contributed by atoms with E-state index in [1.807, 2.05) is 12.1 Å². The molecule has 40 heavy (non-hydrogen) atoms. The van der Waals surface area contributed by atoms with E-state index in [1.54, 1.807) is 0 Å². The molecule has 4 aliphatic rings. The number of rotatable bonds is 6. The van der Waals surface area contributed by atoms with Gasteiger partial charge in [0.2, 0.25) is 5.91 Å². The summed E-state index contributed by atoms with van der Waals surface area (Å²) in [6, 6.07) is 5.63. The fourth-order valence-electron chi connectivity index (χ4n) is 6.69. The van der Waals surface area contributed by atoms with Crippen molar-refractivity contribution in [3.63, 3.8) is 0 Å². The number of alkyl halides is 3. The molecule has 0 unspecified atom stereocenters. The first-order valence-electron chi connectivity index (χ1n) is 13.7. The van der Waals surface area contributed by atoms with Gasteiger partial charge in [-0.05, 0) is 91.9 Å². The van der Waals surface area contributed by atoms with Gasteiger partial charge in [-0.2, -0.15) is 13.2 Å². The summed E-state index contributed by atoms with van der Waals surface area (Å²) in [7, 11) is 1.52. The predicted octanol–water partition coefficient (Wildman–Crippen LogP) is 5.23. The number of amides is 2. The van der Waals surface area contributed by atoms with Gasteiger partial charge in [0, 0.05) is 24.2 Å². The molecule has 1 aliphatic heterocycles. The fraction of sp³-hybridized carbons (Fsp3) is 0.467. The Balaban J connectivity index is 1.29. The lowest BCUT2D eigenvalue weighted by Crippen LogP contribution is -2.48. The van der Waals surface area contributed by atoms with E-state index in [1.165, 1.54) is 7.11 Å². The molecule has 3 aliphatic carbocycles. The summed E-state index contributed by atoms with van der Waals surface area (Å²) in [6.07, 6.45) is 1.94. The lowest BCUT2D eigenvalue weighted by molar-refractivity contribution is -0.140. The number of carbonyl (C=O) groups excluding carboxylic acids is 2. The Morgan fingerprint density at radius 3 is 2.55 bits per heavy atom. The second-order valence-corrected chi connectivity index (χ2v) is 11.2. The summed E-state index contributed by atoms with van der Waals surface area (Å²) in [5.41, 5.74) is 2.11. The molecular weight excluding hydrogens is 526 g/mol. The van der Waals surface area contributed by atoms with Crippen molar-refractivity contribution in [1.29, 1.82) is 0 Å². The third kappa shape index (κ3) is 4.98. The quantitative estimate of drug-likeness (QED) is 0.336. The molecule has 2 aromatic rings. The van der Waals surface area contributed by atoms with Gasteiger partial charge in [-0.1, -0.05) is 11.6 Å². The van der Waals surface area contributed by atoms with Crippen molar-refractivity contribution in [1.82, 2.24) is 10.6 Å². The number of fused-ring (bicyclic) bond motifs is 3. The fourth-order valence-corrected chi connectivity index (χ4v) is 6.69. The third-order valence-electron chi connectivity index (χ3n) is 8.74. The molecule has 0 spiro atoms. The van der Waals surface area contributed by atoms with Crippen LogP contribution in [0.5, 0.6) is 5.75 Å². The Morgan fingerprint density at radius 1 is 1.05 bits per heavy atom. The van der Waals surface area contributed by atoms with Crippen molar-refractivity contribution in [2.75, 3.05) is 19.0 Å². The van der Waals surface area contributed by atoms with Crippen molar-refractivity contribution < 1.29 is 31.9 Å². The van der Waals surface area contributed by atoms with Gasteiger partial charge < -0.3 is 20.7 Å². The van der Waals surface area contributed by atoms with Crippen molar-refractivity contribution in [2.45, 2.75) is 50.9 Å². The van der Waals surface area contributed by atoms with Crippen LogP contribution in [-0.4, -0.2) is 31.5 Å². The summed E-state index contributed by atoms with van der Waals surface area (Å²) in [5.74, 6) is -2.13. The summed E-state index contributed by atoms with van der Waals surface area (Å²) in [4.78, 5) is 27.3. The summed E-state index contributed by atoms with van der Waals surface area (Å²) >= 11 is 0. The Morgan fingerprint density at radius 2 is 1.82 bits per heavy atom. The minimum atomic E-state index is -4.89. The zero-order valence-corrected chi connectivity index (χ0v) is 22.0. The highest BCUT2D eigenvalue weighted by atomic mass is 19.4. The van der Waals surface area contributed by atoms with E-state index in [0.29, 0.717) is 35.9 Å². The van der Waals surface area contributed by atoms with Gasteiger partial charge in [0.1, 0.15) is 11.6 Å².